The summed E-state index contributed by atoms with van der Waals surface area (Å²) in [6, 6.07) is 5.53. The first-order chi connectivity index (χ1) is 10.0. The minimum absolute atomic E-state index is 0.150. The summed E-state index contributed by atoms with van der Waals surface area (Å²) in [5.41, 5.74) is 2.72. The zero-order chi connectivity index (χ0) is 15.4. The largest absolute Gasteiger partial charge is 0.465 e. The minimum atomic E-state index is -0.455. The number of hydrogen-bond donors (Lipinski definition) is 0. The number of carbonyl (C=O) groups excluding carboxylic acids is 2. The van der Waals surface area contributed by atoms with Crippen molar-refractivity contribution in [3.8, 4) is 0 Å². The van der Waals surface area contributed by atoms with E-state index < -0.39 is 5.97 Å². The number of nitrogens with zero attached hydrogens (tertiary/aromatic N) is 2. The molecule has 6 heteroatoms. The summed E-state index contributed by atoms with van der Waals surface area (Å²) < 4.78 is 4.85. The fraction of sp³-hybridized carbons (Fsp3) is 0.400. The lowest BCUT2D eigenvalue weighted by molar-refractivity contribution is -0.149. The molecule has 1 heterocycles. The van der Waals surface area contributed by atoms with E-state index in [1.54, 1.807) is 13.0 Å². The third kappa shape index (κ3) is 3.82. The predicted molar refractivity (Wildman–Crippen MR) is 80.3 cm³/mol. The average Bonchev–Trinajstić information content (AvgIpc) is 2.42. The van der Waals surface area contributed by atoms with Crippen molar-refractivity contribution in [1.29, 1.82) is 0 Å². The van der Waals surface area contributed by atoms with Crippen molar-refractivity contribution in [3.63, 3.8) is 0 Å². The summed E-state index contributed by atoms with van der Waals surface area (Å²) >= 11 is 5.95. The Morgan fingerprint density at radius 3 is 2.86 bits per heavy atom. The van der Waals surface area contributed by atoms with Crippen LogP contribution < -0.4 is 0 Å². The van der Waals surface area contributed by atoms with E-state index in [0.29, 0.717) is 17.9 Å². The van der Waals surface area contributed by atoms with Crippen LogP contribution in [0.3, 0.4) is 0 Å². The van der Waals surface area contributed by atoms with Gasteiger partial charge in [-0.15, -0.1) is 0 Å². The molecule has 1 aromatic rings. The lowest BCUT2D eigenvalue weighted by atomic mass is 9.99. The molecule has 21 heavy (non-hydrogen) atoms. The highest BCUT2D eigenvalue weighted by Crippen LogP contribution is 2.21. The maximum absolute atomic E-state index is 11.8. The fourth-order valence-electron chi connectivity index (χ4n) is 2.20. The predicted octanol–water partition coefficient (Wildman–Crippen LogP) is 2.54. The van der Waals surface area contributed by atoms with Gasteiger partial charge < -0.3 is 4.74 Å². The summed E-state index contributed by atoms with van der Waals surface area (Å²) in [6.07, 6.45) is 0.890. The van der Waals surface area contributed by atoms with E-state index in [-0.39, 0.29) is 19.1 Å². The lowest BCUT2D eigenvalue weighted by Crippen LogP contribution is -2.36. The van der Waals surface area contributed by atoms with Gasteiger partial charge in [0.15, 0.2) is 0 Å². The number of aryl methyl sites for hydroxylation is 1. The highest BCUT2D eigenvalue weighted by Gasteiger charge is 2.24. The molecule has 0 saturated heterocycles. The van der Waals surface area contributed by atoms with Gasteiger partial charge in [-0.3, -0.25) is 9.59 Å². The maximum atomic E-state index is 11.8. The third-order valence-corrected chi connectivity index (χ3v) is 3.42. The quantitative estimate of drug-likeness (QED) is 0.803. The van der Waals surface area contributed by atoms with Crippen LogP contribution in [0.15, 0.2) is 23.3 Å². The van der Waals surface area contributed by atoms with E-state index in [9.17, 15) is 9.59 Å². The van der Waals surface area contributed by atoms with Crippen molar-refractivity contribution >= 4 is 29.2 Å². The molecule has 0 aromatic heterocycles. The number of hydrogen-bond acceptors (Lipinski definition) is 4. The Kier molecular flexibility index (Phi) is 4.96. The third-order valence-electron chi connectivity index (χ3n) is 3.19. The van der Waals surface area contributed by atoms with Crippen LogP contribution in [-0.2, 0) is 14.3 Å². The van der Waals surface area contributed by atoms with E-state index in [4.69, 9.17) is 16.3 Å². The van der Waals surface area contributed by atoms with Crippen LogP contribution in [0.4, 0.5) is 0 Å². The van der Waals surface area contributed by atoms with Crippen LogP contribution in [0.5, 0.6) is 0 Å². The standard InChI is InChI=1S/C15H17ClN2O3/c1-3-21-15(20)9-18-14(19)7-6-13(17-18)12-5-4-11(16)8-10(12)2/h4-5,8H,3,6-7,9H2,1-2H3. The van der Waals surface area contributed by atoms with Crippen molar-refractivity contribution in [2.24, 2.45) is 5.10 Å². The second-order valence-corrected chi connectivity index (χ2v) is 5.20. The number of esters is 1. The molecule has 0 fully saturated rings. The lowest BCUT2D eigenvalue weighted by Gasteiger charge is -2.23. The zero-order valence-electron chi connectivity index (χ0n) is 12.1. The van der Waals surface area contributed by atoms with Crippen LogP contribution >= 0.6 is 11.6 Å². The SMILES string of the molecule is CCOC(=O)CN1N=C(c2ccc(Cl)cc2C)CCC1=O. The van der Waals surface area contributed by atoms with Gasteiger partial charge in [0.25, 0.3) is 0 Å². The molecule has 1 amide bonds. The summed E-state index contributed by atoms with van der Waals surface area (Å²) in [6.45, 7) is 3.80. The second-order valence-electron chi connectivity index (χ2n) is 4.76. The van der Waals surface area contributed by atoms with E-state index in [1.807, 2.05) is 19.1 Å². The van der Waals surface area contributed by atoms with Gasteiger partial charge in [-0.2, -0.15) is 5.10 Å². The molecular formula is C15H17ClN2O3. The van der Waals surface area contributed by atoms with Gasteiger partial charge in [-0.1, -0.05) is 17.7 Å². The van der Waals surface area contributed by atoms with E-state index in [1.165, 1.54) is 5.01 Å². The molecule has 0 bridgehead atoms. The number of rotatable bonds is 4. The van der Waals surface area contributed by atoms with E-state index in [0.717, 1.165) is 16.8 Å². The fourth-order valence-corrected chi connectivity index (χ4v) is 2.42. The monoisotopic (exact) mass is 308 g/mol. The number of amides is 1. The molecule has 1 aromatic carbocycles. The molecule has 0 radical (unpaired) electrons. The van der Waals surface area contributed by atoms with Gasteiger partial charge in [0.1, 0.15) is 6.54 Å². The molecule has 0 spiro atoms. The zero-order valence-corrected chi connectivity index (χ0v) is 12.8. The highest BCUT2D eigenvalue weighted by molar-refractivity contribution is 6.30. The number of carbonyl (C=O) groups is 2. The number of halogens is 1. The molecule has 5 nitrogen and oxygen atoms in total. The van der Waals surface area contributed by atoms with Crippen LogP contribution in [0, 0.1) is 6.92 Å². The molecule has 0 atom stereocenters. The van der Waals surface area contributed by atoms with Gasteiger partial charge >= 0.3 is 5.97 Å². The Morgan fingerprint density at radius 1 is 1.43 bits per heavy atom. The maximum Gasteiger partial charge on any atom is 0.327 e. The van der Waals surface area contributed by atoms with Crippen LogP contribution in [0.25, 0.3) is 0 Å². The number of benzene rings is 1. The minimum Gasteiger partial charge on any atom is -0.465 e. The number of ether oxygens (including phenoxy) is 1. The molecule has 0 N–H and O–H groups in total. The Labute approximate surface area is 128 Å². The molecule has 0 aliphatic carbocycles. The molecule has 1 aliphatic rings. The Balaban J connectivity index is 2.23. The first-order valence-corrected chi connectivity index (χ1v) is 7.19. The smallest absolute Gasteiger partial charge is 0.327 e. The van der Waals surface area contributed by atoms with Crippen LogP contribution in [-0.4, -0.2) is 35.7 Å². The summed E-state index contributed by atoms with van der Waals surface area (Å²) in [7, 11) is 0. The molecule has 112 valence electrons. The van der Waals surface area contributed by atoms with Gasteiger partial charge in [-0.25, -0.2) is 5.01 Å². The Morgan fingerprint density at radius 2 is 2.19 bits per heavy atom. The topological polar surface area (TPSA) is 59.0 Å². The van der Waals surface area contributed by atoms with E-state index in [2.05, 4.69) is 5.10 Å². The Bertz CT molecular complexity index is 599. The normalized spacial score (nSPS) is 14.9. The molecular weight excluding hydrogens is 292 g/mol. The summed E-state index contributed by atoms with van der Waals surface area (Å²) in [5.74, 6) is -0.623. The van der Waals surface area contributed by atoms with Crippen molar-refractivity contribution in [3.05, 3.63) is 34.3 Å². The van der Waals surface area contributed by atoms with Gasteiger partial charge in [0.05, 0.1) is 12.3 Å². The molecule has 0 saturated carbocycles. The summed E-state index contributed by atoms with van der Waals surface area (Å²) in [4.78, 5) is 23.3. The van der Waals surface area contributed by atoms with Crippen LogP contribution in [0.1, 0.15) is 30.9 Å². The van der Waals surface area contributed by atoms with Gasteiger partial charge in [0, 0.05) is 23.4 Å². The second kappa shape index (κ2) is 6.72. The van der Waals surface area contributed by atoms with Crippen molar-refractivity contribution in [2.45, 2.75) is 26.7 Å². The number of hydrazone groups is 1. The first kappa shape index (κ1) is 15.5. The molecule has 2 rings (SSSR count). The highest BCUT2D eigenvalue weighted by atomic mass is 35.5. The van der Waals surface area contributed by atoms with Crippen molar-refractivity contribution in [2.75, 3.05) is 13.2 Å². The van der Waals surface area contributed by atoms with E-state index >= 15 is 0 Å². The molecule has 1 aliphatic heterocycles. The Hall–Kier alpha value is -1.88. The first-order valence-electron chi connectivity index (χ1n) is 6.81. The van der Waals surface area contributed by atoms with Crippen molar-refractivity contribution < 1.29 is 14.3 Å². The van der Waals surface area contributed by atoms with Crippen LogP contribution in [0.2, 0.25) is 5.02 Å². The van der Waals surface area contributed by atoms with Gasteiger partial charge in [0.2, 0.25) is 5.91 Å². The van der Waals surface area contributed by atoms with Crippen molar-refractivity contribution in [1.82, 2.24) is 5.01 Å². The molecule has 0 unspecified atom stereocenters. The van der Waals surface area contributed by atoms with Gasteiger partial charge in [-0.05, 0) is 31.5 Å². The average molecular weight is 309 g/mol. The summed E-state index contributed by atoms with van der Waals surface area (Å²) in [5, 5.41) is 6.15.